The summed E-state index contributed by atoms with van der Waals surface area (Å²) in [4.78, 5) is 23.3. The molecule has 10 nitrogen and oxygen atoms in total. The van der Waals surface area contributed by atoms with Gasteiger partial charge in [0, 0.05) is 48.7 Å². The number of halogens is 1. The molecular weight excluding hydrogens is 488 g/mol. The zero-order valence-corrected chi connectivity index (χ0v) is 19.6. The van der Waals surface area contributed by atoms with E-state index in [0.29, 0.717) is 24.6 Å². The Morgan fingerprint density at radius 3 is 2.67 bits per heavy atom. The van der Waals surface area contributed by atoms with Gasteiger partial charge in [-0.05, 0) is 53.9 Å². The van der Waals surface area contributed by atoms with Gasteiger partial charge in [-0.2, -0.15) is 14.7 Å². The Morgan fingerprint density at radius 2 is 2.03 bits per heavy atom. The number of amides is 1. The predicted molar refractivity (Wildman–Crippen MR) is 126 cm³/mol. The fraction of sp³-hybridized carbons (Fsp3) is 0.318. The molecule has 1 saturated heterocycles. The quantitative estimate of drug-likeness (QED) is 0.431. The summed E-state index contributed by atoms with van der Waals surface area (Å²) in [5, 5.41) is 18.2. The number of nitrogens with two attached hydrogens (primary N) is 1. The number of nitrogen functional groups attached to an aromatic ring is 1. The molecule has 33 heavy (non-hydrogen) atoms. The van der Waals surface area contributed by atoms with Crippen LogP contribution in [0.1, 0.15) is 31.4 Å². The van der Waals surface area contributed by atoms with Crippen LogP contribution in [0.25, 0.3) is 22.6 Å². The van der Waals surface area contributed by atoms with Crippen molar-refractivity contribution in [2.45, 2.75) is 31.8 Å². The number of carbonyl (C=O) groups is 1. The third kappa shape index (κ3) is 3.87. The highest BCUT2D eigenvalue weighted by Crippen LogP contribution is 2.37. The van der Waals surface area contributed by atoms with Gasteiger partial charge in [-0.15, -0.1) is 0 Å². The van der Waals surface area contributed by atoms with Crippen molar-refractivity contribution in [2.24, 2.45) is 0 Å². The van der Waals surface area contributed by atoms with E-state index >= 15 is 0 Å². The van der Waals surface area contributed by atoms with Crippen molar-refractivity contribution in [1.29, 1.82) is 0 Å². The van der Waals surface area contributed by atoms with Gasteiger partial charge in [0.1, 0.15) is 11.9 Å². The highest BCUT2D eigenvalue weighted by atomic mass is 79.9. The second-order valence-electron chi connectivity index (χ2n) is 8.12. The number of aliphatic hydroxyl groups is 1. The van der Waals surface area contributed by atoms with E-state index in [1.54, 1.807) is 32.7 Å². The van der Waals surface area contributed by atoms with Gasteiger partial charge in [-0.1, -0.05) is 0 Å². The molecule has 1 amide bonds. The molecule has 1 fully saturated rings. The first-order chi connectivity index (χ1) is 15.9. The molecule has 1 atom stereocenters. The average Bonchev–Trinajstić information content (AvgIpc) is 3.51. The number of nitrogens with zero attached hydrogens (tertiary/aromatic N) is 7. The highest BCUT2D eigenvalue weighted by molar-refractivity contribution is 9.10. The topological polar surface area (TPSA) is 127 Å². The van der Waals surface area contributed by atoms with Gasteiger partial charge in [-0.25, -0.2) is 14.6 Å². The molecule has 5 heterocycles. The van der Waals surface area contributed by atoms with Crippen LogP contribution in [0.4, 0.5) is 5.82 Å². The molecule has 0 aromatic carbocycles. The Labute approximate surface area is 198 Å². The smallest absolute Gasteiger partial charge is 0.251 e. The average molecular weight is 511 g/mol. The lowest BCUT2D eigenvalue weighted by Crippen LogP contribution is -2.42. The molecule has 0 radical (unpaired) electrons. The van der Waals surface area contributed by atoms with Crippen molar-refractivity contribution in [2.75, 3.05) is 18.8 Å². The standard InChI is InChI=1S/C22H23BrN8O2/c1-13(32)22(33)29-9-5-14(6-10-29)19-18(23)20(24)31-21(28-19)16(12-27-31)15-3-4-17(25-11-15)30-8-2-7-26-30/h2-4,7-8,11-14,32H,5-6,9-10,24H2,1H3. The molecule has 0 saturated carbocycles. The molecule has 4 aromatic heterocycles. The molecular formula is C22H23BrN8O2. The van der Waals surface area contributed by atoms with Crippen molar-refractivity contribution in [3.8, 4) is 16.9 Å². The minimum Gasteiger partial charge on any atom is -0.384 e. The maximum absolute atomic E-state index is 12.1. The van der Waals surface area contributed by atoms with Crippen molar-refractivity contribution in [1.82, 2.24) is 34.3 Å². The predicted octanol–water partition coefficient (Wildman–Crippen LogP) is 2.41. The Morgan fingerprint density at radius 1 is 1.24 bits per heavy atom. The Balaban J connectivity index is 1.47. The van der Waals surface area contributed by atoms with E-state index in [0.717, 1.165) is 40.0 Å². The third-order valence-electron chi connectivity index (χ3n) is 6.00. The zero-order chi connectivity index (χ0) is 23.1. The number of carbonyl (C=O) groups excluding carboxylic acids is 1. The highest BCUT2D eigenvalue weighted by Gasteiger charge is 2.29. The number of pyridine rings is 1. The molecule has 1 aliphatic rings. The maximum atomic E-state index is 12.1. The van der Waals surface area contributed by atoms with Gasteiger partial charge in [-0.3, -0.25) is 4.79 Å². The summed E-state index contributed by atoms with van der Waals surface area (Å²) in [5.74, 6) is 1.09. The SMILES string of the molecule is CC(O)C(=O)N1CCC(c2nc3c(-c4ccc(-n5cccn5)nc4)cnn3c(N)c2Br)CC1. The molecule has 0 bridgehead atoms. The molecule has 1 unspecified atom stereocenters. The fourth-order valence-electron chi connectivity index (χ4n) is 4.21. The normalized spacial score (nSPS) is 15.8. The van der Waals surface area contributed by atoms with Crippen LogP contribution in [-0.4, -0.2) is 64.5 Å². The second-order valence-corrected chi connectivity index (χ2v) is 8.91. The largest absolute Gasteiger partial charge is 0.384 e. The van der Waals surface area contributed by atoms with Crippen LogP contribution in [0, 0.1) is 0 Å². The van der Waals surface area contributed by atoms with E-state index in [1.807, 2.05) is 24.4 Å². The first-order valence-electron chi connectivity index (χ1n) is 10.7. The molecule has 3 N–H and O–H groups in total. The minimum atomic E-state index is -0.985. The van der Waals surface area contributed by atoms with Gasteiger partial charge in [0.25, 0.3) is 5.91 Å². The van der Waals surface area contributed by atoms with Crippen LogP contribution in [0.15, 0.2) is 47.5 Å². The van der Waals surface area contributed by atoms with Crippen molar-refractivity contribution < 1.29 is 9.90 Å². The van der Waals surface area contributed by atoms with Crippen molar-refractivity contribution in [3.05, 3.63) is 53.2 Å². The van der Waals surface area contributed by atoms with Crippen LogP contribution in [-0.2, 0) is 4.79 Å². The van der Waals surface area contributed by atoms with Gasteiger partial charge < -0.3 is 15.7 Å². The molecule has 4 aromatic rings. The number of likely N-dealkylation sites (tertiary alicyclic amines) is 1. The van der Waals surface area contributed by atoms with E-state index in [1.165, 1.54) is 6.92 Å². The Bertz CT molecular complexity index is 1290. The number of piperidine rings is 1. The van der Waals surface area contributed by atoms with Crippen LogP contribution in [0.2, 0.25) is 0 Å². The summed E-state index contributed by atoms with van der Waals surface area (Å²) in [5.41, 5.74) is 9.62. The number of fused-ring (bicyclic) bond motifs is 1. The van der Waals surface area contributed by atoms with E-state index in [-0.39, 0.29) is 11.8 Å². The van der Waals surface area contributed by atoms with E-state index < -0.39 is 6.10 Å². The van der Waals surface area contributed by atoms with Gasteiger partial charge in [0.15, 0.2) is 11.5 Å². The van der Waals surface area contributed by atoms with Crippen molar-refractivity contribution >= 4 is 33.3 Å². The fourth-order valence-corrected chi connectivity index (χ4v) is 4.79. The molecule has 1 aliphatic heterocycles. The number of hydrogen-bond donors (Lipinski definition) is 2. The first kappa shape index (κ1) is 21.5. The van der Waals surface area contributed by atoms with Gasteiger partial charge in [0.05, 0.1) is 16.4 Å². The summed E-state index contributed by atoms with van der Waals surface area (Å²) < 4.78 is 4.04. The number of aliphatic hydroxyl groups excluding tert-OH is 1. The summed E-state index contributed by atoms with van der Waals surface area (Å²) >= 11 is 3.61. The second kappa shape index (κ2) is 8.56. The summed E-state index contributed by atoms with van der Waals surface area (Å²) in [6.45, 7) is 2.63. The Hall–Kier alpha value is -3.31. The van der Waals surface area contributed by atoms with Crippen LogP contribution in [0.5, 0.6) is 0 Å². The lowest BCUT2D eigenvalue weighted by atomic mass is 9.93. The van der Waals surface area contributed by atoms with Gasteiger partial charge >= 0.3 is 0 Å². The van der Waals surface area contributed by atoms with Crippen LogP contribution in [0.3, 0.4) is 0 Å². The minimum absolute atomic E-state index is 0.132. The monoisotopic (exact) mass is 510 g/mol. The molecule has 0 aliphatic carbocycles. The van der Waals surface area contributed by atoms with Gasteiger partial charge in [0.2, 0.25) is 0 Å². The number of anilines is 1. The zero-order valence-electron chi connectivity index (χ0n) is 18.0. The van der Waals surface area contributed by atoms with E-state index in [2.05, 4.69) is 31.1 Å². The maximum Gasteiger partial charge on any atom is 0.251 e. The lowest BCUT2D eigenvalue weighted by Gasteiger charge is -2.33. The number of aromatic nitrogens is 6. The van der Waals surface area contributed by atoms with E-state index in [4.69, 9.17) is 10.7 Å². The molecule has 5 rings (SSSR count). The van der Waals surface area contributed by atoms with Crippen molar-refractivity contribution in [3.63, 3.8) is 0 Å². The van der Waals surface area contributed by atoms with Crippen LogP contribution >= 0.6 is 15.9 Å². The Kier molecular flexibility index (Phi) is 5.59. The van der Waals surface area contributed by atoms with E-state index in [9.17, 15) is 9.90 Å². The molecule has 0 spiro atoms. The molecule has 170 valence electrons. The summed E-state index contributed by atoms with van der Waals surface area (Å²) in [7, 11) is 0. The first-order valence-corrected chi connectivity index (χ1v) is 11.5. The lowest BCUT2D eigenvalue weighted by molar-refractivity contribution is -0.140. The summed E-state index contributed by atoms with van der Waals surface area (Å²) in [6, 6.07) is 5.70. The summed E-state index contributed by atoms with van der Waals surface area (Å²) in [6.07, 6.45) is 7.55. The van der Waals surface area contributed by atoms with Crippen LogP contribution < -0.4 is 5.73 Å². The third-order valence-corrected chi connectivity index (χ3v) is 6.81. The number of rotatable bonds is 4. The number of hydrogen-bond acceptors (Lipinski definition) is 7. The molecule has 11 heteroatoms.